The molecule has 1 atom stereocenters. The fourth-order valence-corrected chi connectivity index (χ4v) is 3.81. The van der Waals surface area contributed by atoms with Crippen molar-refractivity contribution in [2.75, 3.05) is 20.3 Å². The lowest BCUT2D eigenvalue weighted by Crippen LogP contribution is -2.07. The number of benzene rings is 2. The monoisotopic (exact) mass is 378 g/mol. The molecule has 0 radical (unpaired) electrons. The van der Waals surface area contributed by atoms with E-state index in [1.54, 1.807) is 7.11 Å². The lowest BCUT2D eigenvalue weighted by atomic mass is 9.96. The van der Waals surface area contributed by atoms with Gasteiger partial charge < -0.3 is 14.6 Å². The number of hydrogen-bond acceptors (Lipinski definition) is 4. The second kappa shape index (κ2) is 8.59. The Bertz CT molecular complexity index is 915. The Morgan fingerprint density at radius 3 is 2.75 bits per heavy atom. The fourth-order valence-electron chi connectivity index (χ4n) is 3.81. The zero-order valence-electron chi connectivity index (χ0n) is 16.2. The topological polar surface area (TPSA) is 56.5 Å². The number of hydrogen-bond donors (Lipinski definition) is 1. The van der Waals surface area contributed by atoms with Crippen LogP contribution in [0.1, 0.15) is 23.2 Å². The molecule has 0 aliphatic carbocycles. The molecule has 0 bridgehead atoms. The maximum Gasteiger partial charge on any atom is 0.122 e. The van der Waals surface area contributed by atoms with Crippen LogP contribution in [-0.2, 0) is 24.3 Å². The number of ether oxygens (including phenoxy) is 2. The second-order valence-corrected chi connectivity index (χ2v) is 7.28. The first-order valence-electron chi connectivity index (χ1n) is 9.73. The first-order valence-corrected chi connectivity index (χ1v) is 9.73. The Hall–Kier alpha value is -2.63. The summed E-state index contributed by atoms with van der Waals surface area (Å²) in [5.41, 5.74) is 5.12. The molecule has 4 rings (SSSR count). The van der Waals surface area contributed by atoms with E-state index in [0.29, 0.717) is 18.2 Å². The highest BCUT2D eigenvalue weighted by atomic mass is 16.5. The van der Waals surface area contributed by atoms with Crippen molar-refractivity contribution in [1.29, 1.82) is 0 Å². The summed E-state index contributed by atoms with van der Waals surface area (Å²) in [6.45, 7) is 2.25. The molecule has 0 unspecified atom stereocenters. The smallest absolute Gasteiger partial charge is 0.122 e. The summed E-state index contributed by atoms with van der Waals surface area (Å²) < 4.78 is 13.1. The Balaban J connectivity index is 1.68. The minimum absolute atomic E-state index is 0.0722. The van der Waals surface area contributed by atoms with E-state index in [4.69, 9.17) is 9.47 Å². The minimum atomic E-state index is -0.0722. The molecule has 2 aromatic carbocycles. The van der Waals surface area contributed by atoms with Gasteiger partial charge in [0.05, 0.1) is 31.6 Å². The molecule has 146 valence electrons. The molecule has 1 aromatic heterocycles. The van der Waals surface area contributed by atoms with Crippen molar-refractivity contribution >= 4 is 0 Å². The van der Waals surface area contributed by atoms with Crippen molar-refractivity contribution in [3.05, 3.63) is 71.4 Å². The van der Waals surface area contributed by atoms with Crippen LogP contribution in [0.5, 0.6) is 5.75 Å². The lowest BCUT2D eigenvalue weighted by Gasteiger charge is -2.14. The van der Waals surface area contributed by atoms with Gasteiger partial charge in [0.15, 0.2) is 0 Å². The molecule has 5 heteroatoms. The molecule has 28 heavy (non-hydrogen) atoms. The number of methoxy groups -OCH3 is 1. The van der Waals surface area contributed by atoms with Gasteiger partial charge in [-0.2, -0.15) is 5.10 Å². The summed E-state index contributed by atoms with van der Waals surface area (Å²) >= 11 is 0. The summed E-state index contributed by atoms with van der Waals surface area (Å²) in [5.74, 6) is 1.44. The third-order valence-electron chi connectivity index (χ3n) is 5.28. The van der Waals surface area contributed by atoms with Gasteiger partial charge in [0.1, 0.15) is 5.75 Å². The Kier molecular flexibility index (Phi) is 5.74. The maximum atomic E-state index is 9.61. The second-order valence-electron chi connectivity index (χ2n) is 7.28. The van der Waals surface area contributed by atoms with E-state index in [9.17, 15) is 5.11 Å². The van der Waals surface area contributed by atoms with Gasteiger partial charge in [-0.15, -0.1) is 0 Å². The average Bonchev–Trinajstić information content (AvgIpc) is 3.38. The third-order valence-corrected chi connectivity index (χ3v) is 5.28. The van der Waals surface area contributed by atoms with Crippen LogP contribution in [0.2, 0.25) is 0 Å². The summed E-state index contributed by atoms with van der Waals surface area (Å²) in [6, 6.07) is 18.5. The van der Waals surface area contributed by atoms with E-state index in [-0.39, 0.29) is 6.61 Å². The predicted octanol–water partition coefficient (Wildman–Crippen LogP) is 3.68. The van der Waals surface area contributed by atoms with Crippen molar-refractivity contribution in [3.63, 3.8) is 0 Å². The van der Waals surface area contributed by atoms with E-state index in [1.807, 2.05) is 35.0 Å². The average molecular weight is 378 g/mol. The highest BCUT2D eigenvalue weighted by Gasteiger charge is 2.19. The molecule has 0 saturated carbocycles. The molecule has 1 saturated heterocycles. The number of rotatable bonds is 7. The Morgan fingerprint density at radius 2 is 2.04 bits per heavy atom. The SMILES string of the molecule is COc1ccc(-c2cc(CO)nn2Cc2ccccc2)cc1C[C@@H]1CCOC1. The highest BCUT2D eigenvalue weighted by molar-refractivity contribution is 5.63. The van der Waals surface area contributed by atoms with Crippen LogP contribution < -0.4 is 4.74 Å². The number of aliphatic hydroxyl groups is 1. The lowest BCUT2D eigenvalue weighted by molar-refractivity contribution is 0.185. The number of aliphatic hydroxyl groups excluding tert-OH is 1. The van der Waals surface area contributed by atoms with Crippen LogP contribution in [0.25, 0.3) is 11.3 Å². The molecule has 3 aromatic rings. The molecule has 2 heterocycles. The van der Waals surface area contributed by atoms with Crippen molar-refractivity contribution in [2.24, 2.45) is 5.92 Å². The van der Waals surface area contributed by atoms with E-state index in [0.717, 1.165) is 43.1 Å². The molecule has 1 aliphatic heterocycles. The van der Waals surface area contributed by atoms with E-state index < -0.39 is 0 Å². The van der Waals surface area contributed by atoms with Crippen molar-refractivity contribution in [3.8, 4) is 17.0 Å². The largest absolute Gasteiger partial charge is 0.496 e. The van der Waals surface area contributed by atoms with Crippen LogP contribution in [-0.4, -0.2) is 35.2 Å². The van der Waals surface area contributed by atoms with Crippen molar-refractivity contribution in [2.45, 2.75) is 26.0 Å². The molecule has 1 N–H and O–H groups in total. The standard InChI is InChI=1S/C23H26N2O3/c1-27-23-8-7-19(12-20(23)11-18-9-10-28-16-18)22-13-21(15-26)24-25(22)14-17-5-3-2-4-6-17/h2-8,12-13,18,26H,9-11,14-16H2,1H3/t18-/m0/s1. The molecule has 1 fully saturated rings. The van der Waals surface area contributed by atoms with Crippen molar-refractivity contribution < 1.29 is 14.6 Å². The quantitative estimate of drug-likeness (QED) is 0.681. The van der Waals surface area contributed by atoms with Gasteiger partial charge in [-0.25, -0.2) is 0 Å². The Labute approximate surface area is 165 Å². The number of nitrogens with zero attached hydrogens (tertiary/aromatic N) is 2. The molecule has 0 spiro atoms. The van der Waals surface area contributed by atoms with Crippen LogP contribution in [0.15, 0.2) is 54.6 Å². The van der Waals surface area contributed by atoms with Crippen LogP contribution in [0, 0.1) is 5.92 Å². The normalized spacial score (nSPS) is 16.4. The molecule has 5 nitrogen and oxygen atoms in total. The maximum absolute atomic E-state index is 9.61. The predicted molar refractivity (Wildman–Crippen MR) is 108 cm³/mol. The van der Waals surface area contributed by atoms with Gasteiger partial charge in [0.2, 0.25) is 0 Å². The van der Waals surface area contributed by atoms with Gasteiger partial charge in [-0.05, 0) is 54.2 Å². The van der Waals surface area contributed by atoms with Gasteiger partial charge in [0, 0.05) is 18.8 Å². The van der Waals surface area contributed by atoms with Gasteiger partial charge in [0.25, 0.3) is 0 Å². The molecule has 1 aliphatic rings. The zero-order chi connectivity index (χ0) is 19.3. The summed E-state index contributed by atoms with van der Waals surface area (Å²) in [4.78, 5) is 0. The summed E-state index contributed by atoms with van der Waals surface area (Å²) in [5, 5.41) is 14.2. The first-order chi connectivity index (χ1) is 13.8. The van der Waals surface area contributed by atoms with Crippen LogP contribution >= 0.6 is 0 Å². The van der Waals surface area contributed by atoms with Gasteiger partial charge in [-0.1, -0.05) is 30.3 Å². The van der Waals surface area contributed by atoms with Crippen molar-refractivity contribution in [1.82, 2.24) is 9.78 Å². The summed E-state index contributed by atoms with van der Waals surface area (Å²) in [7, 11) is 1.72. The van der Waals surface area contributed by atoms with Gasteiger partial charge >= 0.3 is 0 Å². The van der Waals surface area contributed by atoms with E-state index in [1.165, 1.54) is 11.1 Å². The third kappa shape index (κ3) is 4.11. The fraction of sp³-hybridized carbons (Fsp3) is 0.348. The highest BCUT2D eigenvalue weighted by Crippen LogP contribution is 2.31. The minimum Gasteiger partial charge on any atom is -0.496 e. The molecular weight excluding hydrogens is 352 g/mol. The Morgan fingerprint density at radius 1 is 1.18 bits per heavy atom. The van der Waals surface area contributed by atoms with E-state index in [2.05, 4.69) is 29.4 Å². The first kappa shape index (κ1) is 18.7. The molecule has 0 amide bonds. The molecular formula is C23H26N2O3. The van der Waals surface area contributed by atoms with Crippen LogP contribution in [0.4, 0.5) is 0 Å². The zero-order valence-corrected chi connectivity index (χ0v) is 16.2. The number of aromatic nitrogens is 2. The summed E-state index contributed by atoms with van der Waals surface area (Å²) in [6.07, 6.45) is 2.03. The van der Waals surface area contributed by atoms with Crippen LogP contribution in [0.3, 0.4) is 0 Å². The van der Waals surface area contributed by atoms with Gasteiger partial charge in [-0.3, -0.25) is 4.68 Å². The van der Waals surface area contributed by atoms with E-state index >= 15 is 0 Å².